The van der Waals surface area contributed by atoms with Gasteiger partial charge in [-0.2, -0.15) is 5.43 Å². The highest BCUT2D eigenvalue weighted by Crippen LogP contribution is 2.23. The van der Waals surface area contributed by atoms with E-state index in [1.54, 1.807) is 17.4 Å². The average molecular weight is 228 g/mol. The van der Waals surface area contributed by atoms with Crippen LogP contribution in [0.25, 0.3) is 0 Å². The van der Waals surface area contributed by atoms with E-state index in [9.17, 15) is 0 Å². The lowest BCUT2D eigenvalue weighted by Crippen LogP contribution is -2.51. The Hall–Kier alpha value is -2.18. The number of aliphatic imine (C=N–C) groups is 2. The zero-order valence-corrected chi connectivity index (χ0v) is 9.04. The Kier molecular flexibility index (Phi) is 2.01. The van der Waals surface area contributed by atoms with Crippen molar-refractivity contribution in [3.8, 4) is 0 Å². The van der Waals surface area contributed by atoms with Crippen LogP contribution in [0.1, 0.15) is 5.56 Å². The van der Waals surface area contributed by atoms with Crippen molar-refractivity contribution >= 4 is 11.7 Å². The fourth-order valence-corrected chi connectivity index (χ4v) is 1.83. The quantitative estimate of drug-likeness (QED) is 0.621. The van der Waals surface area contributed by atoms with Crippen molar-refractivity contribution in [1.82, 2.24) is 10.4 Å². The second-order valence-corrected chi connectivity index (χ2v) is 3.86. The second-order valence-electron chi connectivity index (χ2n) is 3.86. The number of hydrazine groups is 1. The van der Waals surface area contributed by atoms with Crippen LogP contribution in [-0.2, 0) is 5.79 Å². The van der Waals surface area contributed by atoms with Crippen molar-refractivity contribution in [2.45, 2.75) is 5.79 Å². The van der Waals surface area contributed by atoms with E-state index in [1.165, 1.54) is 0 Å². The monoisotopic (exact) mass is 228 g/mol. The number of nitrogens with one attached hydrogen (secondary N) is 1. The molecule has 1 aromatic carbocycles. The predicted molar refractivity (Wildman–Crippen MR) is 65.5 cm³/mol. The Labute approximate surface area is 98.3 Å². The van der Waals surface area contributed by atoms with Gasteiger partial charge in [0.2, 0.25) is 5.79 Å². The summed E-state index contributed by atoms with van der Waals surface area (Å²) in [7, 11) is 0. The molecule has 1 unspecified atom stereocenters. The highest BCUT2D eigenvalue weighted by atomic mass is 15.7. The lowest BCUT2D eigenvalue weighted by atomic mass is 10.1. The van der Waals surface area contributed by atoms with Crippen LogP contribution in [0.5, 0.6) is 0 Å². The second kappa shape index (κ2) is 3.41. The highest BCUT2D eigenvalue weighted by Gasteiger charge is 2.38. The van der Waals surface area contributed by atoms with Crippen LogP contribution < -0.4 is 16.9 Å². The van der Waals surface area contributed by atoms with Gasteiger partial charge in [-0.3, -0.25) is 10.7 Å². The minimum atomic E-state index is -0.995. The molecule has 6 heteroatoms. The van der Waals surface area contributed by atoms with Crippen LogP contribution in [0.15, 0.2) is 52.7 Å². The Balaban J connectivity index is 2.03. The van der Waals surface area contributed by atoms with Crippen molar-refractivity contribution in [2.24, 2.45) is 21.5 Å². The summed E-state index contributed by atoms with van der Waals surface area (Å²) in [6, 6.07) is 9.57. The fraction of sp³-hybridized carbons (Fsp3) is 0.0909. The van der Waals surface area contributed by atoms with Crippen LogP contribution in [0, 0.1) is 0 Å². The van der Waals surface area contributed by atoms with Gasteiger partial charge in [0.25, 0.3) is 0 Å². The normalized spacial score (nSPS) is 26.5. The summed E-state index contributed by atoms with van der Waals surface area (Å²) in [6.07, 6.45) is 3.32. The van der Waals surface area contributed by atoms with Crippen LogP contribution in [0.4, 0.5) is 0 Å². The lowest BCUT2D eigenvalue weighted by molar-refractivity contribution is 0.274. The first kappa shape index (κ1) is 10.0. The van der Waals surface area contributed by atoms with Crippen molar-refractivity contribution in [3.05, 3.63) is 48.3 Å². The molecule has 0 radical (unpaired) electrons. The van der Waals surface area contributed by atoms with E-state index in [0.717, 1.165) is 5.56 Å². The number of rotatable bonds is 1. The molecule has 0 aromatic heterocycles. The molecule has 2 aliphatic heterocycles. The minimum Gasteiger partial charge on any atom is -0.381 e. The van der Waals surface area contributed by atoms with Crippen molar-refractivity contribution in [1.29, 1.82) is 0 Å². The molecule has 1 aromatic rings. The maximum atomic E-state index is 6.22. The van der Waals surface area contributed by atoms with Gasteiger partial charge in [-0.05, 0) is 0 Å². The SMILES string of the molecule is NC1=NC=CN2NC(N)(c3ccccc3)N=C12. The van der Waals surface area contributed by atoms with E-state index in [-0.39, 0.29) is 0 Å². The molecule has 0 spiro atoms. The molecule has 1 atom stereocenters. The number of benzene rings is 1. The maximum absolute atomic E-state index is 6.22. The zero-order valence-electron chi connectivity index (χ0n) is 9.04. The predicted octanol–water partition coefficient (Wildman–Crippen LogP) is -0.184. The molecule has 2 aliphatic rings. The van der Waals surface area contributed by atoms with E-state index in [1.807, 2.05) is 30.3 Å². The summed E-state index contributed by atoms with van der Waals surface area (Å²) in [4.78, 5) is 8.37. The van der Waals surface area contributed by atoms with Crippen molar-refractivity contribution < 1.29 is 0 Å². The summed E-state index contributed by atoms with van der Waals surface area (Å²) in [6.45, 7) is 0. The van der Waals surface area contributed by atoms with Crippen molar-refractivity contribution in [3.63, 3.8) is 0 Å². The molecule has 6 nitrogen and oxygen atoms in total. The van der Waals surface area contributed by atoms with E-state index in [0.29, 0.717) is 11.7 Å². The van der Waals surface area contributed by atoms with E-state index >= 15 is 0 Å². The highest BCUT2D eigenvalue weighted by molar-refractivity contribution is 6.40. The first-order valence-electron chi connectivity index (χ1n) is 5.21. The molecule has 0 fully saturated rings. The van der Waals surface area contributed by atoms with Crippen LogP contribution in [0.3, 0.4) is 0 Å². The first-order valence-corrected chi connectivity index (χ1v) is 5.21. The van der Waals surface area contributed by atoms with Gasteiger partial charge in [0, 0.05) is 18.0 Å². The standard InChI is InChI=1S/C11H12N6/c12-9-10-15-11(13,8-4-2-1-3-5-8)16-17(10)7-6-14-9/h1-7,16H,13H2,(H2,12,14). The molecule has 86 valence electrons. The van der Waals surface area contributed by atoms with Gasteiger partial charge in [0.1, 0.15) is 0 Å². The molecule has 0 amide bonds. The minimum absolute atomic E-state index is 0.350. The number of hydrogen-bond donors (Lipinski definition) is 3. The topological polar surface area (TPSA) is 92.0 Å². The number of fused-ring (bicyclic) bond motifs is 1. The third kappa shape index (κ3) is 1.50. The molecule has 0 bridgehead atoms. The zero-order chi connectivity index (χ0) is 11.9. The summed E-state index contributed by atoms with van der Waals surface area (Å²) in [5, 5.41) is 1.68. The fourth-order valence-electron chi connectivity index (χ4n) is 1.83. The number of nitrogens with two attached hydrogens (primary N) is 2. The Bertz CT molecular complexity index is 532. The molecular formula is C11H12N6. The largest absolute Gasteiger partial charge is 0.381 e. The molecule has 0 saturated carbocycles. The number of amidine groups is 2. The van der Waals surface area contributed by atoms with E-state index in [4.69, 9.17) is 11.5 Å². The van der Waals surface area contributed by atoms with Crippen LogP contribution >= 0.6 is 0 Å². The third-order valence-corrected chi connectivity index (χ3v) is 2.67. The summed E-state index contributed by atoms with van der Waals surface area (Å²) < 4.78 is 0. The Morgan fingerprint density at radius 2 is 2.00 bits per heavy atom. The smallest absolute Gasteiger partial charge is 0.208 e. The Morgan fingerprint density at radius 1 is 1.24 bits per heavy atom. The van der Waals surface area contributed by atoms with Gasteiger partial charge in [-0.25, -0.2) is 9.98 Å². The van der Waals surface area contributed by atoms with Crippen LogP contribution in [0.2, 0.25) is 0 Å². The summed E-state index contributed by atoms with van der Waals surface area (Å²) in [5.74, 6) is -0.104. The van der Waals surface area contributed by atoms with Gasteiger partial charge in [-0.15, -0.1) is 0 Å². The molecule has 5 N–H and O–H groups in total. The molecule has 2 heterocycles. The van der Waals surface area contributed by atoms with Gasteiger partial charge in [-0.1, -0.05) is 30.3 Å². The Morgan fingerprint density at radius 3 is 2.71 bits per heavy atom. The van der Waals surface area contributed by atoms with Gasteiger partial charge < -0.3 is 5.73 Å². The number of hydrogen-bond acceptors (Lipinski definition) is 6. The van der Waals surface area contributed by atoms with Gasteiger partial charge in [0.15, 0.2) is 11.7 Å². The molecular weight excluding hydrogens is 216 g/mol. The van der Waals surface area contributed by atoms with Gasteiger partial charge >= 0.3 is 0 Å². The van der Waals surface area contributed by atoms with Crippen LogP contribution in [-0.4, -0.2) is 16.7 Å². The van der Waals surface area contributed by atoms with E-state index in [2.05, 4.69) is 15.4 Å². The van der Waals surface area contributed by atoms with Crippen molar-refractivity contribution in [2.75, 3.05) is 0 Å². The van der Waals surface area contributed by atoms with Gasteiger partial charge in [0.05, 0.1) is 0 Å². The molecule has 0 saturated heterocycles. The number of nitrogens with zero attached hydrogens (tertiary/aromatic N) is 3. The third-order valence-electron chi connectivity index (χ3n) is 2.67. The summed E-state index contributed by atoms with van der Waals surface area (Å²) >= 11 is 0. The average Bonchev–Trinajstić information content (AvgIpc) is 2.70. The van der Waals surface area contributed by atoms with E-state index < -0.39 is 5.79 Å². The molecule has 3 rings (SSSR count). The first-order chi connectivity index (χ1) is 8.19. The molecule has 0 aliphatic carbocycles. The molecule has 17 heavy (non-hydrogen) atoms. The summed E-state index contributed by atoms with van der Waals surface area (Å²) in [5.41, 5.74) is 15.9. The maximum Gasteiger partial charge on any atom is 0.208 e. The lowest BCUT2D eigenvalue weighted by Gasteiger charge is -2.24.